The summed E-state index contributed by atoms with van der Waals surface area (Å²) in [5, 5.41) is 5.62. The second kappa shape index (κ2) is 8.52. The summed E-state index contributed by atoms with van der Waals surface area (Å²) >= 11 is 1.59. The molecule has 6 nitrogen and oxygen atoms in total. The minimum atomic E-state index is -0.681. The van der Waals surface area contributed by atoms with E-state index >= 15 is 0 Å². The summed E-state index contributed by atoms with van der Waals surface area (Å²) in [6.07, 6.45) is 0.717. The van der Waals surface area contributed by atoms with E-state index in [9.17, 15) is 14.4 Å². The van der Waals surface area contributed by atoms with Crippen LogP contribution in [-0.4, -0.2) is 46.5 Å². The molecule has 0 saturated carbocycles. The standard InChI is InChI=1S/C23H25N3O3S/c1-14(12-16-8-4-3-5-9-16)24-20(27)15(2)25-21(28)19-13-30-23-18-11-7-6-10-17(18)22(29)26(19)23/h3-11,14-15,19,23H,12-13H2,1-2H3,(H,24,27)(H,25,28). The number of carbonyl (C=O) groups is 3. The first-order valence-corrected chi connectivity index (χ1v) is 11.2. The van der Waals surface area contributed by atoms with E-state index in [-0.39, 0.29) is 29.1 Å². The van der Waals surface area contributed by atoms with Gasteiger partial charge in [-0.05, 0) is 37.5 Å². The van der Waals surface area contributed by atoms with Gasteiger partial charge in [0.05, 0.1) is 0 Å². The number of benzene rings is 2. The highest BCUT2D eigenvalue weighted by Gasteiger charge is 2.48. The summed E-state index contributed by atoms with van der Waals surface area (Å²) < 4.78 is 0. The molecule has 2 aliphatic heterocycles. The lowest BCUT2D eigenvalue weighted by molar-refractivity contribution is -0.130. The molecule has 2 aliphatic rings. The van der Waals surface area contributed by atoms with Crippen LogP contribution in [-0.2, 0) is 16.0 Å². The van der Waals surface area contributed by atoms with Crippen molar-refractivity contribution in [3.63, 3.8) is 0 Å². The van der Waals surface area contributed by atoms with E-state index in [2.05, 4.69) is 10.6 Å². The smallest absolute Gasteiger partial charge is 0.256 e. The Morgan fingerprint density at radius 3 is 2.53 bits per heavy atom. The number of carbonyl (C=O) groups excluding carboxylic acids is 3. The molecule has 2 heterocycles. The van der Waals surface area contributed by atoms with Crippen molar-refractivity contribution in [2.45, 2.75) is 43.8 Å². The first-order chi connectivity index (χ1) is 14.5. The van der Waals surface area contributed by atoms with Crippen LogP contribution < -0.4 is 10.6 Å². The number of nitrogens with zero attached hydrogens (tertiary/aromatic N) is 1. The van der Waals surface area contributed by atoms with Crippen molar-refractivity contribution in [1.82, 2.24) is 15.5 Å². The van der Waals surface area contributed by atoms with Crippen LogP contribution in [0.2, 0.25) is 0 Å². The molecule has 156 valence electrons. The second-order valence-electron chi connectivity index (χ2n) is 7.83. The van der Waals surface area contributed by atoms with E-state index in [1.807, 2.05) is 55.5 Å². The average Bonchev–Trinajstić information content (AvgIpc) is 3.29. The molecular weight excluding hydrogens is 398 g/mol. The molecular formula is C23H25N3O3S. The van der Waals surface area contributed by atoms with E-state index < -0.39 is 12.1 Å². The molecule has 3 amide bonds. The van der Waals surface area contributed by atoms with Crippen molar-refractivity contribution >= 4 is 29.5 Å². The van der Waals surface area contributed by atoms with E-state index in [1.165, 1.54) is 0 Å². The first-order valence-electron chi connectivity index (χ1n) is 10.1. The van der Waals surface area contributed by atoms with Gasteiger partial charge < -0.3 is 15.5 Å². The molecule has 4 rings (SSSR count). The molecule has 0 bridgehead atoms. The Kier molecular flexibility index (Phi) is 5.81. The van der Waals surface area contributed by atoms with Gasteiger partial charge in [-0.3, -0.25) is 14.4 Å². The topological polar surface area (TPSA) is 78.5 Å². The fourth-order valence-corrected chi connectivity index (χ4v) is 5.47. The van der Waals surface area contributed by atoms with Crippen molar-refractivity contribution in [3.05, 3.63) is 71.3 Å². The zero-order chi connectivity index (χ0) is 21.3. The lowest BCUT2D eigenvalue weighted by Gasteiger charge is -2.25. The second-order valence-corrected chi connectivity index (χ2v) is 8.94. The van der Waals surface area contributed by atoms with Crippen LogP contribution in [0.5, 0.6) is 0 Å². The van der Waals surface area contributed by atoms with Crippen molar-refractivity contribution in [3.8, 4) is 0 Å². The highest BCUT2D eigenvalue weighted by atomic mass is 32.2. The summed E-state index contributed by atoms with van der Waals surface area (Å²) in [6, 6.07) is 16.1. The molecule has 2 aromatic rings. The molecule has 7 heteroatoms. The molecule has 30 heavy (non-hydrogen) atoms. The van der Waals surface area contributed by atoms with Crippen molar-refractivity contribution in [1.29, 1.82) is 0 Å². The molecule has 2 N–H and O–H groups in total. The van der Waals surface area contributed by atoms with Crippen LogP contribution in [0.4, 0.5) is 0 Å². The third-order valence-electron chi connectivity index (χ3n) is 5.52. The molecule has 1 fully saturated rings. The van der Waals surface area contributed by atoms with Crippen molar-refractivity contribution < 1.29 is 14.4 Å². The highest BCUT2D eigenvalue weighted by Crippen LogP contribution is 2.48. The Labute approximate surface area is 180 Å². The number of hydrogen-bond acceptors (Lipinski definition) is 4. The maximum atomic E-state index is 12.9. The van der Waals surface area contributed by atoms with Gasteiger partial charge in [-0.25, -0.2) is 0 Å². The van der Waals surface area contributed by atoms with Gasteiger partial charge in [0.2, 0.25) is 11.8 Å². The monoisotopic (exact) mass is 423 g/mol. The van der Waals surface area contributed by atoms with Gasteiger partial charge in [0.25, 0.3) is 5.91 Å². The number of amides is 3. The lowest BCUT2D eigenvalue weighted by atomic mass is 10.1. The van der Waals surface area contributed by atoms with Crippen LogP contribution in [0.3, 0.4) is 0 Å². The molecule has 0 spiro atoms. The van der Waals surface area contributed by atoms with Gasteiger partial charge in [0.1, 0.15) is 17.5 Å². The minimum Gasteiger partial charge on any atom is -0.352 e. The Morgan fingerprint density at radius 1 is 1.07 bits per heavy atom. The fraction of sp³-hybridized carbons (Fsp3) is 0.348. The van der Waals surface area contributed by atoms with Crippen molar-refractivity contribution in [2.75, 3.05) is 5.75 Å². The van der Waals surface area contributed by atoms with E-state index in [0.29, 0.717) is 17.7 Å². The minimum absolute atomic E-state index is 0.0553. The summed E-state index contributed by atoms with van der Waals surface area (Å²) in [4.78, 5) is 39.9. The summed E-state index contributed by atoms with van der Waals surface area (Å²) in [7, 11) is 0. The normalized spacial score (nSPS) is 21.5. The van der Waals surface area contributed by atoms with Crippen LogP contribution in [0.25, 0.3) is 0 Å². The van der Waals surface area contributed by atoms with Gasteiger partial charge in [0, 0.05) is 17.4 Å². The largest absolute Gasteiger partial charge is 0.352 e. The van der Waals surface area contributed by atoms with Crippen LogP contribution in [0.15, 0.2) is 54.6 Å². The zero-order valence-electron chi connectivity index (χ0n) is 17.0. The van der Waals surface area contributed by atoms with E-state index in [4.69, 9.17) is 0 Å². The molecule has 4 atom stereocenters. The van der Waals surface area contributed by atoms with Gasteiger partial charge in [-0.15, -0.1) is 11.8 Å². The van der Waals surface area contributed by atoms with E-state index in [0.717, 1.165) is 11.1 Å². The maximum Gasteiger partial charge on any atom is 0.256 e. The number of fused-ring (bicyclic) bond motifs is 3. The SMILES string of the molecule is CC(Cc1ccccc1)NC(=O)C(C)NC(=O)C1CSC2c3ccccc3C(=O)N12. The Balaban J connectivity index is 1.34. The Hall–Kier alpha value is -2.80. The highest BCUT2D eigenvalue weighted by molar-refractivity contribution is 7.99. The molecule has 2 aromatic carbocycles. The quantitative estimate of drug-likeness (QED) is 0.748. The van der Waals surface area contributed by atoms with Crippen LogP contribution in [0, 0.1) is 0 Å². The maximum absolute atomic E-state index is 12.9. The van der Waals surface area contributed by atoms with E-state index in [1.54, 1.807) is 29.7 Å². The number of rotatable bonds is 6. The molecule has 1 saturated heterocycles. The molecule has 0 aliphatic carbocycles. The van der Waals surface area contributed by atoms with Crippen LogP contribution >= 0.6 is 11.8 Å². The predicted octanol–water partition coefficient (Wildman–Crippen LogP) is 2.51. The van der Waals surface area contributed by atoms with Gasteiger partial charge >= 0.3 is 0 Å². The number of thioether (sulfide) groups is 1. The Bertz CT molecular complexity index is 965. The zero-order valence-corrected chi connectivity index (χ0v) is 17.8. The molecule has 0 aromatic heterocycles. The molecule has 0 radical (unpaired) electrons. The average molecular weight is 424 g/mol. The van der Waals surface area contributed by atoms with Gasteiger partial charge in [0.15, 0.2) is 0 Å². The summed E-state index contributed by atoms with van der Waals surface area (Å²) in [5.41, 5.74) is 2.76. The predicted molar refractivity (Wildman–Crippen MR) is 117 cm³/mol. The summed E-state index contributed by atoms with van der Waals surface area (Å²) in [6.45, 7) is 3.61. The van der Waals surface area contributed by atoms with Gasteiger partial charge in [-0.2, -0.15) is 0 Å². The summed E-state index contributed by atoms with van der Waals surface area (Å²) in [5.74, 6) is -0.112. The number of nitrogens with one attached hydrogen (secondary N) is 2. The Morgan fingerprint density at radius 2 is 1.77 bits per heavy atom. The third kappa shape index (κ3) is 3.94. The van der Waals surface area contributed by atoms with Crippen molar-refractivity contribution in [2.24, 2.45) is 0 Å². The fourth-order valence-electron chi connectivity index (χ4n) is 4.00. The first kappa shape index (κ1) is 20.5. The number of hydrogen-bond donors (Lipinski definition) is 2. The molecule has 4 unspecified atom stereocenters. The van der Waals surface area contributed by atoms with Crippen LogP contribution in [0.1, 0.15) is 40.7 Å². The van der Waals surface area contributed by atoms with Gasteiger partial charge in [-0.1, -0.05) is 48.5 Å². The lowest BCUT2D eigenvalue weighted by Crippen LogP contribution is -2.53. The third-order valence-corrected chi connectivity index (χ3v) is 6.83.